The van der Waals surface area contributed by atoms with E-state index < -0.39 is 5.97 Å². The van der Waals surface area contributed by atoms with Gasteiger partial charge in [-0.25, -0.2) is 4.79 Å². The van der Waals surface area contributed by atoms with Gasteiger partial charge in [0.1, 0.15) is 12.2 Å². The number of aromatic hydroxyl groups is 1. The minimum absolute atomic E-state index is 0.0444. The predicted molar refractivity (Wildman–Crippen MR) is 74.9 cm³/mol. The van der Waals surface area contributed by atoms with Gasteiger partial charge in [0.25, 0.3) is 0 Å². The average Bonchev–Trinajstić information content (AvgIpc) is 2.53. The number of phenols is 1. The highest BCUT2D eigenvalue weighted by Gasteiger charge is 2.16. The van der Waals surface area contributed by atoms with Crippen molar-refractivity contribution in [2.24, 2.45) is 0 Å². The van der Waals surface area contributed by atoms with Crippen molar-refractivity contribution in [2.75, 3.05) is 7.11 Å². The molecule has 2 aromatic rings. The maximum absolute atomic E-state index is 11.9. The number of phenolic OH excluding ortho intramolecular Hbond substituents is 1. The van der Waals surface area contributed by atoms with Gasteiger partial charge in [0, 0.05) is 0 Å². The Morgan fingerprint density at radius 3 is 2.57 bits per heavy atom. The van der Waals surface area contributed by atoms with Crippen LogP contribution in [0.3, 0.4) is 0 Å². The second-order valence-electron chi connectivity index (χ2n) is 4.24. The summed E-state index contributed by atoms with van der Waals surface area (Å²) in [5.41, 5.74) is 1.34. The molecule has 106 valence electrons. The zero-order valence-electron chi connectivity index (χ0n) is 11.4. The van der Waals surface area contributed by atoms with E-state index in [0.29, 0.717) is 5.56 Å². The van der Waals surface area contributed by atoms with Crippen LogP contribution >= 0.6 is 0 Å². The van der Waals surface area contributed by atoms with Crippen LogP contribution in [0, 0.1) is 11.3 Å². The fourth-order valence-corrected chi connectivity index (χ4v) is 1.75. The number of carbonyl (C=O) groups is 1. The smallest absolute Gasteiger partial charge is 0.342 e. The molecule has 0 atom stereocenters. The van der Waals surface area contributed by atoms with Crippen LogP contribution in [0.1, 0.15) is 21.5 Å². The molecule has 0 fully saturated rings. The second kappa shape index (κ2) is 6.44. The summed E-state index contributed by atoms with van der Waals surface area (Å²) in [6, 6.07) is 13.3. The predicted octanol–water partition coefficient (Wildman–Crippen LogP) is 2.63. The van der Waals surface area contributed by atoms with Crippen LogP contribution in [-0.2, 0) is 11.3 Å². The zero-order valence-corrected chi connectivity index (χ0v) is 11.4. The molecule has 2 aromatic carbocycles. The average molecular weight is 283 g/mol. The third-order valence-electron chi connectivity index (χ3n) is 2.89. The molecule has 21 heavy (non-hydrogen) atoms. The fourth-order valence-electron chi connectivity index (χ4n) is 1.75. The summed E-state index contributed by atoms with van der Waals surface area (Å²) in [5.74, 6) is -0.677. The Kier molecular flexibility index (Phi) is 4.42. The third kappa shape index (κ3) is 3.31. The number of nitrogens with zero attached hydrogens (tertiary/aromatic N) is 1. The maximum atomic E-state index is 11.9. The Bertz CT molecular complexity index is 686. The van der Waals surface area contributed by atoms with E-state index in [0.717, 1.165) is 5.56 Å². The van der Waals surface area contributed by atoms with E-state index in [1.54, 1.807) is 36.4 Å². The summed E-state index contributed by atoms with van der Waals surface area (Å²) in [5, 5.41) is 18.6. The number of hydrogen-bond donors (Lipinski definition) is 1. The molecule has 0 aromatic heterocycles. The van der Waals surface area contributed by atoms with E-state index in [4.69, 9.17) is 14.7 Å². The molecule has 0 bridgehead atoms. The molecular formula is C16H13NO4. The van der Waals surface area contributed by atoms with Gasteiger partial charge in [0.05, 0.1) is 18.7 Å². The lowest BCUT2D eigenvalue weighted by molar-refractivity contribution is 0.0468. The first-order valence-electron chi connectivity index (χ1n) is 6.18. The van der Waals surface area contributed by atoms with Gasteiger partial charge in [0.15, 0.2) is 11.5 Å². The number of methoxy groups -OCH3 is 1. The Morgan fingerprint density at radius 2 is 1.95 bits per heavy atom. The van der Waals surface area contributed by atoms with Crippen LogP contribution in [0.5, 0.6) is 11.5 Å². The number of rotatable bonds is 4. The summed E-state index contributed by atoms with van der Waals surface area (Å²) in [7, 11) is 1.40. The van der Waals surface area contributed by atoms with Crippen molar-refractivity contribution in [1.82, 2.24) is 0 Å². The normalized spacial score (nSPS) is 9.71. The summed E-state index contributed by atoms with van der Waals surface area (Å²) >= 11 is 0. The molecule has 1 N–H and O–H groups in total. The fraction of sp³-hybridized carbons (Fsp3) is 0.125. The van der Waals surface area contributed by atoms with E-state index in [1.807, 2.05) is 6.07 Å². The van der Waals surface area contributed by atoms with E-state index in [-0.39, 0.29) is 23.7 Å². The summed E-state index contributed by atoms with van der Waals surface area (Å²) < 4.78 is 10.1. The van der Waals surface area contributed by atoms with Crippen LogP contribution < -0.4 is 4.74 Å². The molecular weight excluding hydrogens is 270 g/mol. The number of ether oxygens (including phenoxy) is 2. The minimum Gasteiger partial charge on any atom is -0.504 e. The third-order valence-corrected chi connectivity index (χ3v) is 2.89. The molecule has 5 nitrogen and oxygen atoms in total. The number of hydrogen-bond acceptors (Lipinski definition) is 5. The van der Waals surface area contributed by atoms with Crippen molar-refractivity contribution in [3.05, 3.63) is 59.2 Å². The van der Waals surface area contributed by atoms with Gasteiger partial charge in [-0.1, -0.05) is 18.2 Å². The van der Waals surface area contributed by atoms with Crippen molar-refractivity contribution in [2.45, 2.75) is 6.61 Å². The van der Waals surface area contributed by atoms with E-state index >= 15 is 0 Å². The molecule has 0 saturated carbocycles. The van der Waals surface area contributed by atoms with Crippen molar-refractivity contribution in [1.29, 1.82) is 5.26 Å². The molecule has 0 amide bonds. The van der Waals surface area contributed by atoms with Gasteiger partial charge in [-0.15, -0.1) is 0 Å². The topological polar surface area (TPSA) is 79.5 Å². The Labute approximate surface area is 122 Å². The van der Waals surface area contributed by atoms with Crippen LogP contribution in [-0.4, -0.2) is 18.2 Å². The lowest BCUT2D eigenvalue weighted by atomic mass is 10.1. The summed E-state index contributed by atoms with van der Waals surface area (Å²) in [6.45, 7) is 0.0567. The Balaban J connectivity index is 2.06. The first-order valence-corrected chi connectivity index (χ1v) is 6.18. The van der Waals surface area contributed by atoms with Crippen LogP contribution in [0.2, 0.25) is 0 Å². The number of para-hydroxylation sites is 1. The number of esters is 1. The van der Waals surface area contributed by atoms with Gasteiger partial charge in [-0.3, -0.25) is 0 Å². The van der Waals surface area contributed by atoms with Crippen molar-refractivity contribution in [3.8, 4) is 17.6 Å². The molecule has 0 aliphatic rings. The largest absolute Gasteiger partial charge is 0.504 e. The quantitative estimate of drug-likeness (QED) is 0.872. The van der Waals surface area contributed by atoms with E-state index in [9.17, 15) is 9.90 Å². The van der Waals surface area contributed by atoms with Gasteiger partial charge >= 0.3 is 5.97 Å². The van der Waals surface area contributed by atoms with Crippen molar-refractivity contribution >= 4 is 5.97 Å². The summed E-state index contributed by atoms with van der Waals surface area (Å²) in [4.78, 5) is 11.9. The number of nitriles is 1. The van der Waals surface area contributed by atoms with Gasteiger partial charge in [-0.05, 0) is 29.8 Å². The Morgan fingerprint density at radius 1 is 1.24 bits per heavy atom. The molecule has 0 unspecified atom stereocenters. The highest BCUT2D eigenvalue weighted by atomic mass is 16.5. The lowest BCUT2D eigenvalue weighted by Gasteiger charge is -2.09. The molecule has 0 aliphatic carbocycles. The van der Waals surface area contributed by atoms with E-state index in [1.165, 1.54) is 13.2 Å². The van der Waals surface area contributed by atoms with Crippen LogP contribution in [0.25, 0.3) is 0 Å². The molecule has 0 saturated heterocycles. The molecule has 0 heterocycles. The SMILES string of the molecule is COc1cccc(C(=O)OCc2ccc(C#N)cc2)c1O. The van der Waals surface area contributed by atoms with Gasteiger partial charge in [-0.2, -0.15) is 5.26 Å². The van der Waals surface area contributed by atoms with Crippen LogP contribution in [0.15, 0.2) is 42.5 Å². The first kappa shape index (κ1) is 14.4. The van der Waals surface area contributed by atoms with Gasteiger partial charge < -0.3 is 14.6 Å². The summed E-state index contributed by atoms with van der Waals surface area (Å²) in [6.07, 6.45) is 0. The standard InChI is InChI=1S/C16H13NO4/c1-20-14-4-2-3-13(15(14)18)16(19)21-10-12-7-5-11(9-17)6-8-12/h2-8,18H,10H2,1H3. The van der Waals surface area contributed by atoms with E-state index in [2.05, 4.69) is 0 Å². The lowest BCUT2D eigenvalue weighted by Crippen LogP contribution is -2.06. The molecule has 0 spiro atoms. The highest BCUT2D eigenvalue weighted by molar-refractivity contribution is 5.93. The number of benzene rings is 2. The Hall–Kier alpha value is -3.00. The first-order chi connectivity index (χ1) is 10.2. The number of carbonyl (C=O) groups excluding carboxylic acids is 1. The molecule has 0 radical (unpaired) electrons. The van der Waals surface area contributed by atoms with Crippen LogP contribution in [0.4, 0.5) is 0 Å². The zero-order chi connectivity index (χ0) is 15.2. The maximum Gasteiger partial charge on any atom is 0.342 e. The molecule has 0 aliphatic heterocycles. The molecule has 2 rings (SSSR count). The van der Waals surface area contributed by atoms with Gasteiger partial charge in [0.2, 0.25) is 0 Å². The second-order valence-corrected chi connectivity index (χ2v) is 4.24. The highest BCUT2D eigenvalue weighted by Crippen LogP contribution is 2.29. The monoisotopic (exact) mass is 283 g/mol. The minimum atomic E-state index is -0.643. The van der Waals surface area contributed by atoms with Crippen molar-refractivity contribution in [3.63, 3.8) is 0 Å². The molecule has 5 heteroatoms. The van der Waals surface area contributed by atoms with Crippen molar-refractivity contribution < 1.29 is 19.4 Å².